The van der Waals surface area contributed by atoms with Crippen LogP contribution in [-0.4, -0.2) is 4.57 Å². The molecule has 0 atom stereocenters. The molecule has 0 saturated heterocycles. The molecule has 9 rings (SSSR count). The van der Waals surface area contributed by atoms with Crippen molar-refractivity contribution >= 4 is 49.6 Å². The first-order valence-corrected chi connectivity index (χ1v) is 14.6. The predicted octanol–water partition coefficient (Wildman–Crippen LogP) is 11.2. The van der Waals surface area contributed by atoms with Gasteiger partial charge >= 0.3 is 0 Å². The third-order valence-corrected chi connectivity index (χ3v) is 8.75. The van der Waals surface area contributed by atoms with Gasteiger partial charge in [0.1, 0.15) is 5.82 Å². The van der Waals surface area contributed by atoms with E-state index in [0.717, 1.165) is 22.7 Å². The van der Waals surface area contributed by atoms with Crippen molar-refractivity contribution in [3.05, 3.63) is 157 Å². The zero-order chi connectivity index (χ0) is 28.5. The fourth-order valence-electron chi connectivity index (χ4n) is 7.04. The van der Waals surface area contributed by atoms with Gasteiger partial charge in [-0.15, -0.1) is 0 Å². The zero-order valence-corrected chi connectivity index (χ0v) is 23.2. The molecule has 0 spiro atoms. The van der Waals surface area contributed by atoms with E-state index in [1.165, 1.54) is 67.0 Å². The van der Waals surface area contributed by atoms with Crippen LogP contribution in [0.25, 0.3) is 60.5 Å². The molecule has 0 unspecified atom stereocenters. The molecule has 202 valence electrons. The molecule has 0 bridgehead atoms. The Labute approximate surface area is 248 Å². The number of rotatable bonds is 4. The smallest absolute Gasteiger partial charge is 0.123 e. The molecule has 0 N–H and O–H groups in total. The van der Waals surface area contributed by atoms with Gasteiger partial charge in [-0.3, -0.25) is 0 Å². The Morgan fingerprint density at radius 3 is 1.91 bits per heavy atom. The molecule has 1 aliphatic carbocycles. The molecular formula is C40H25FN2. The molecule has 43 heavy (non-hydrogen) atoms. The summed E-state index contributed by atoms with van der Waals surface area (Å²) in [6.07, 6.45) is 0. The van der Waals surface area contributed by atoms with Crippen molar-refractivity contribution in [3.63, 3.8) is 0 Å². The van der Waals surface area contributed by atoms with E-state index in [-0.39, 0.29) is 5.82 Å². The normalized spacial score (nSPS) is 11.8. The van der Waals surface area contributed by atoms with Crippen LogP contribution in [0.1, 0.15) is 0 Å². The van der Waals surface area contributed by atoms with E-state index in [0.29, 0.717) is 0 Å². The van der Waals surface area contributed by atoms with Crippen LogP contribution < -0.4 is 4.90 Å². The van der Waals surface area contributed by atoms with E-state index in [1.54, 1.807) is 0 Å². The topological polar surface area (TPSA) is 8.17 Å². The maximum Gasteiger partial charge on any atom is 0.123 e. The van der Waals surface area contributed by atoms with Gasteiger partial charge in [-0.1, -0.05) is 84.9 Å². The van der Waals surface area contributed by atoms with Crippen LogP contribution in [0.4, 0.5) is 21.5 Å². The molecule has 0 radical (unpaired) electrons. The second-order valence-corrected chi connectivity index (χ2v) is 11.1. The molecule has 0 aliphatic heterocycles. The largest absolute Gasteiger partial charge is 0.310 e. The van der Waals surface area contributed by atoms with Crippen LogP contribution in [0.3, 0.4) is 0 Å². The number of halogens is 1. The maximum absolute atomic E-state index is 14.1. The van der Waals surface area contributed by atoms with Crippen molar-refractivity contribution in [3.8, 4) is 27.9 Å². The molecule has 1 heterocycles. The fraction of sp³-hybridized carbons (Fsp3) is 0. The van der Waals surface area contributed by atoms with Crippen molar-refractivity contribution in [2.45, 2.75) is 0 Å². The molecule has 0 fully saturated rings. The molecule has 0 saturated carbocycles. The number of nitrogens with zero attached hydrogens (tertiary/aromatic N) is 2. The Morgan fingerprint density at radius 2 is 1.09 bits per heavy atom. The number of hydrogen-bond acceptors (Lipinski definition) is 1. The molecule has 7 aromatic carbocycles. The third kappa shape index (κ3) is 3.45. The Hall–Kier alpha value is -5.67. The molecular weight excluding hydrogens is 527 g/mol. The van der Waals surface area contributed by atoms with Gasteiger partial charge in [-0.05, 0) is 94.2 Å². The Bertz CT molecular complexity index is 2340. The summed E-state index contributed by atoms with van der Waals surface area (Å²) in [7, 11) is 0. The Morgan fingerprint density at radius 1 is 0.442 bits per heavy atom. The van der Waals surface area contributed by atoms with E-state index in [9.17, 15) is 4.39 Å². The lowest BCUT2D eigenvalue weighted by Crippen LogP contribution is -2.11. The van der Waals surface area contributed by atoms with Crippen molar-refractivity contribution < 1.29 is 4.39 Å². The summed E-state index contributed by atoms with van der Waals surface area (Å²) in [5.74, 6) is -0.249. The van der Waals surface area contributed by atoms with Crippen LogP contribution in [0.15, 0.2) is 152 Å². The molecule has 2 nitrogen and oxygen atoms in total. The van der Waals surface area contributed by atoms with Gasteiger partial charge in [0.25, 0.3) is 0 Å². The summed E-state index contributed by atoms with van der Waals surface area (Å²) in [6, 6.07) is 52.2. The van der Waals surface area contributed by atoms with E-state index in [1.807, 2.05) is 30.3 Å². The van der Waals surface area contributed by atoms with Crippen LogP contribution in [0.2, 0.25) is 0 Å². The Kier molecular flexibility index (Phi) is 5.11. The monoisotopic (exact) mass is 552 g/mol. The van der Waals surface area contributed by atoms with E-state index >= 15 is 0 Å². The number of para-hydroxylation sites is 2. The lowest BCUT2D eigenvalue weighted by Gasteiger charge is -2.29. The van der Waals surface area contributed by atoms with Gasteiger partial charge in [0, 0.05) is 33.4 Å². The van der Waals surface area contributed by atoms with Crippen molar-refractivity contribution in [2.24, 2.45) is 0 Å². The van der Waals surface area contributed by atoms with Gasteiger partial charge in [-0.2, -0.15) is 0 Å². The predicted molar refractivity (Wildman–Crippen MR) is 177 cm³/mol. The summed E-state index contributed by atoms with van der Waals surface area (Å²) in [6.45, 7) is 0. The van der Waals surface area contributed by atoms with Gasteiger partial charge in [-0.25, -0.2) is 4.39 Å². The fourth-order valence-corrected chi connectivity index (χ4v) is 7.04. The minimum atomic E-state index is -0.249. The molecule has 1 aromatic heterocycles. The SMILES string of the molecule is Fc1ccc(N(c2ccccc2)c2cccc3c2-c2cccc4ccc5c(c24)c2c-3cccc2n5-c2ccccc2)cc1. The first-order chi connectivity index (χ1) is 21.3. The highest BCUT2D eigenvalue weighted by atomic mass is 19.1. The lowest BCUT2D eigenvalue weighted by molar-refractivity contribution is 0.628. The molecule has 1 aliphatic rings. The first kappa shape index (κ1) is 24.0. The maximum atomic E-state index is 14.1. The number of aromatic nitrogens is 1. The van der Waals surface area contributed by atoms with Gasteiger partial charge in [0.05, 0.1) is 16.7 Å². The van der Waals surface area contributed by atoms with Crippen LogP contribution in [0, 0.1) is 5.82 Å². The van der Waals surface area contributed by atoms with Gasteiger partial charge < -0.3 is 9.47 Å². The summed E-state index contributed by atoms with van der Waals surface area (Å²) in [5.41, 5.74) is 11.3. The van der Waals surface area contributed by atoms with Crippen LogP contribution in [-0.2, 0) is 0 Å². The molecule has 3 heteroatoms. The van der Waals surface area contributed by atoms with Crippen molar-refractivity contribution in [1.82, 2.24) is 4.57 Å². The number of anilines is 3. The van der Waals surface area contributed by atoms with E-state index < -0.39 is 0 Å². The minimum absolute atomic E-state index is 0.249. The summed E-state index contributed by atoms with van der Waals surface area (Å²) < 4.78 is 16.5. The van der Waals surface area contributed by atoms with E-state index in [2.05, 4.69) is 119 Å². The van der Waals surface area contributed by atoms with Crippen LogP contribution >= 0.6 is 0 Å². The van der Waals surface area contributed by atoms with Crippen molar-refractivity contribution in [2.75, 3.05) is 4.90 Å². The number of fused-ring (bicyclic) bond motifs is 3. The van der Waals surface area contributed by atoms with Gasteiger partial charge in [0.15, 0.2) is 0 Å². The highest BCUT2D eigenvalue weighted by Crippen LogP contribution is 2.53. The average Bonchev–Trinajstić information content (AvgIpc) is 3.34. The molecule has 0 amide bonds. The zero-order valence-electron chi connectivity index (χ0n) is 23.2. The summed E-state index contributed by atoms with van der Waals surface area (Å²) in [5, 5.41) is 5.01. The third-order valence-electron chi connectivity index (χ3n) is 8.75. The minimum Gasteiger partial charge on any atom is -0.310 e. The van der Waals surface area contributed by atoms with Crippen molar-refractivity contribution in [1.29, 1.82) is 0 Å². The highest BCUT2D eigenvalue weighted by molar-refractivity contribution is 6.31. The number of benzene rings is 7. The first-order valence-electron chi connectivity index (χ1n) is 14.6. The second-order valence-electron chi connectivity index (χ2n) is 11.1. The van der Waals surface area contributed by atoms with E-state index in [4.69, 9.17) is 0 Å². The lowest BCUT2D eigenvalue weighted by atomic mass is 9.91. The van der Waals surface area contributed by atoms with Crippen LogP contribution in [0.5, 0.6) is 0 Å². The number of hydrogen-bond donors (Lipinski definition) is 0. The second kappa shape index (κ2) is 9.17. The summed E-state index contributed by atoms with van der Waals surface area (Å²) >= 11 is 0. The average molecular weight is 553 g/mol. The molecule has 8 aromatic rings. The summed E-state index contributed by atoms with van der Waals surface area (Å²) in [4.78, 5) is 2.25. The standard InChI is InChI=1S/C40H25FN2/c41-27-21-23-30(24-22-27)42(28-11-3-1-4-12-28)34-18-8-15-31-32-16-9-19-35-39(32)40-36(43(35)29-13-5-2-6-14-29)25-20-26-10-7-17-33(37(26)40)38(31)34/h1-25H. The Balaban J connectivity index is 1.45. The highest BCUT2D eigenvalue weighted by Gasteiger charge is 2.28. The quantitative estimate of drug-likeness (QED) is 0.211. The van der Waals surface area contributed by atoms with Gasteiger partial charge in [0.2, 0.25) is 0 Å².